The quantitative estimate of drug-likeness (QED) is 0.362. The minimum atomic E-state index is -0.313. The van der Waals surface area contributed by atoms with Crippen molar-refractivity contribution in [3.05, 3.63) is 84.6 Å². The summed E-state index contributed by atoms with van der Waals surface area (Å²) >= 11 is 0. The maximum atomic E-state index is 15.3. The van der Waals surface area contributed by atoms with Crippen LogP contribution in [0.3, 0.4) is 0 Å². The maximum absolute atomic E-state index is 15.3. The molecule has 0 spiro atoms. The van der Waals surface area contributed by atoms with Crippen LogP contribution in [0.5, 0.6) is 0 Å². The summed E-state index contributed by atoms with van der Waals surface area (Å²) in [6.45, 7) is 1.96. The normalized spacial score (nSPS) is 14.9. The monoisotopic (exact) mass is 479 g/mol. The highest BCUT2D eigenvalue weighted by molar-refractivity contribution is 6.14. The van der Waals surface area contributed by atoms with Crippen LogP contribution in [0.1, 0.15) is 23.2 Å². The molecule has 6 rings (SSSR count). The van der Waals surface area contributed by atoms with E-state index in [0.717, 1.165) is 64.6 Å². The Hall–Kier alpha value is -4.10. The number of nitrogens with one attached hydrogen (secondary N) is 2. The van der Waals surface area contributed by atoms with Crippen LogP contribution in [-0.2, 0) is 0 Å². The third-order valence-corrected chi connectivity index (χ3v) is 7.04. The molecule has 1 fully saturated rings. The number of hydrogen-bond acceptors (Lipinski definition) is 4. The Kier molecular flexibility index (Phi) is 5.70. The van der Waals surface area contributed by atoms with Crippen molar-refractivity contribution in [2.75, 3.05) is 20.1 Å². The molecular formula is C29H26FN5O. The Bertz CT molecular complexity index is 1550. The number of nitrogens with zero attached hydrogens (tertiary/aromatic N) is 3. The number of carbonyl (C=O) groups excluding carboxylic acids is 1. The number of aromatic amines is 1. The van der Waals surface area contributed by atoms with E-state index in [1.165, 1.54) is 6.07 Å². The molecule has 1 saturated heterocycles. The fourth-order valence-electron chi connectivity index (χ4n) is 5.03. The zero-order chi connectivity index (χ0) is 24.6. The lowest BCUT2D eigenvalue weighted by Crippen LogP contribution is -2.43. The van der Waals surface area contributed by atoms with E-state index in [1.807, 2.05) is 30.3 Å². The molecule has 2 N–H and O–H groups in total. The van der Waals surface area contributed by atoms with Crippen LogP contribution >= 0.6 is 0 Å². The van der Waals surface area contributed by atoms with E-state index in [2.05, 4.69) is 32.2 Å². The van der Waals surface area contributed by atoms with Gasteiger partial charge in [0.1, 0.15) is 5.82 Å². The Labute approximate surface area is 208 Å². The van der Waals surface area contributed by atoms with Crippen molar-refractivity contribution < 1.29 is 9.18 Å². The number of hydrogen-bond donors (Lipinski definition) is 2. The van der Waals surface area contributed by atoms with Crippen LogP contribution < -0.4 is 5.32 Å². The summed E-state index contributed by atoms with van der Waals surface area (Å²) < 4.78 is 15.3. The average Bonchev–Trinajstić information content (AvgIpc) is 3.28. The summed E-state index contributed by atoms with van der Waals surface area (Å²) in [7, 11) is 2.10. The lowest BCUT2D eigenvalue weighted by atomic mass is 9.97. The lowest BCUT2D eigenvalue weighted by Gasteiger charge is -2.29. The first kappa shape index (κ1) is 22.4. The van der Waals surface area contributed by atoms with E-state index >= 15 is 4.39 Å². The highest BCUT2D eigenvalue weighted by atomic mass is 19.1. The molecule has 5 aromatic rings. The van der Waals surface area contributed by atoms with Gasteiger partial charge in [-0.1, -0.05) is 12.1 Å². The topological polar surface area (TPSA) is 73.9 Å². The van der Waals surface area contributed by atoms with Crippen LogP contribution in [0.2, 0.25) is 0 Å². The summed E-state index contributed by atoms with van der Waals surface area (Å²) in [5, 5.41) is 4.82. The first-order valence-electron chi connectivity index (χ1n) is 12.2. The fourth-order valence-corrected chi connectivity index (χ4v) is 5.03. The van der Waals surface area contributed by atoms with E-state index in [9.17, 15) is 4.79 Å². The number of carbonyl (C=O) groups is 1. The minimum Gasteiger partial charge on any atom is -0.353 e. The molecule has 7 heteroatoms. The number of rotatable bonds is 4. The van der Waals surface area contributed by atoms with Gasteiger partial charge in [0.15, 0.2) is 0 Å². The molecule has 2 aromatic carbocycles. The van der Waals surface area contributed by atoms with Gasteiger partial charge < -0.3 is 15.2 Å². The molecule has 6 nitrogen and oxygen atoms in total. The van der Waals surface area contributed by atoms with Crippen LogP contribution in [0.15, 0.2) is 73.2 Å². The molecule has 0 bridgehead atoms. The number of halogens is 1. The van der Waals surface area contributed by atoms with Gasteiger partial charge in [-0.25, -0.2) is 4.39 Å². The molecule has 0 saturated carbocycles. The summed E-state index contributed by atoms with van der Waals surface area (Å²) in [6.07, 6.45) is 7.16. The second-order valence-corrected chi connectivity index (χ2v) is 9.46. The molecule has 0 unspecified atom stereocenters. The van der Waals surface area contributed by atoms with Gasteiger partial charge in [-0.15, -0.1) is 0 Å². The predicted octanol–water partition coefficient (Wildman–Crippen LogP) is 5.41. The van der Waals surface area contributed by atoms with Crippen LogP contribution in [0, 0.1) is 5.82 Å². The van der Waals surface area contributed by atoms with Crippen molar-refractivity contribution in [3.8, 4) is 22.4 Å². The number of aromatic nitrogens is 3. The Balaban J connectivity index is 1.37. The van der Waals surface area contributed by atoms with Crippen molar-refractivity contribution in [2.45, 2.75) is 18.9 Å². The third-order valence-electron chi connectivity index (χ3n) is 7.04. The molecule has 1 amide bonds. The van der Waals surface area contributed by atoms with Gasteiger partial charge >= 0.3 is 0 Å². The molecule has 4 heterocycles. The SMILES string of the molecule is CN1CCC(NC(=O)c2ccc(-c3c(F)ccc4[nH]c5cnc(-c6cccnc6)cc5c34)cc2)CC1. The van der Waals surface area contributed by atoms with E-state index in [0.29, 0.717) is 11.1 Å². The van der Waals surface area contributed by atoms with Crippen molar-refractivity contribution >= 4 is 27.7 Å². The number of amides is 1. The van der Waals surface area contributed by atoms with Gasteiger partial charge in [-0.3, -0.25) is 14.8 Å². The van der Waals surface area contributed by atoms with E-state index in [1.54, 1.807) is 36.8 Å². The molecule has 0 aliphatic carbocycles. The maximum Gasteiger partial charge on any atom is 0.251 e. The van der Waals surface area contributed by atoms with Crippen LogP contribution in [0.4, 0.5) is 4.39 Å². The van der Waals surface area contributed by atoms with Crippen LogP contribution in [0.25, 0.3) is 44.2 Å². The minimum absolute atomic E-state index is 0.0888. The Morgan fingerprint density at radius 3 is 2.58 bits per heavy atom. The summed E-state index contributed by atoms with van der Waals surface area (Å²) in [5.41, 5.74) is 5.12. The fraction of sp³-hybridized carbons (Fsp3) is 0.207. The zero-order valence-corrected chi connectivity index (χ0v) is 20.0. The molecule has 36 heavy (non-hydrogen) atoms. The molecule has 1 aliphatic heterocycles. The number of H-pyrrole nitrogens is 1. The highest BCUT2D eigenvalue weighted by Gasteiger charge is 2.20. The van der Waals surface area contributed by atoms with Gasteiger partial charge in [0, 0.05) is 51.4 Å². The van der Waals surface area contributed by atoms with Crippen LogP contribution in [-0.4, -0.2) is 51.9 Å². The average molecular weight is 480 g/mol. The highest BCUT2D eigenvalue weighted by Crippen LogP contribution is 2.37. The zero-order valence-electron chi connectivity index (χ0n) is 20.0. The van der Waals surface area contributed by atoms with E-state index in [4.69, 9.17) is 0 Å². The number of likely N-dealkylation sites (tertiary alicyclic amines) is 1. The molecule has 3 aromatic heterocycles. The Morgan fingerprint density at radius 1 is 1.03 bits per heavy atom. The Morgan fingerprint density at radius 2 is 1.83 bits per heavy atom. The number of benzene rings is 2. The van der Waals surface area contributed by atoms with Crippen molar-refractivity contribution in [1.82, 2.24) is 25.2 Å². The van der Waals surface area contributed by atoms with E-state index < -0.39 is 0 Å². The molecule has 0 atom stereocenters. The molecule has 180 valence electrons. The molecule has 1 aliphatic rings. The predicted molar refractivity (Wildman–Crippen MR) is 140 cm³/mol. The number of piperidine rings is 1. The summed E-state index contributed by atoms with van der Waals surface area (Å²) in [5.74, 6) is -0.402. The summed E-state index contributed by atoms with van der Waals surface area (Å²) in [4.78, 5) is 27.2. The van der Waals surface area contributed by atoms with E-state index in [-0.39, 0.29) is 17.8 Å². The second kappa shape index (κ2) is 9.17. The number of pyridine rings is 2. The lowest BCUT2D eigenvalue weighted by molar-refractivity contribution is 0.0917. The second-order valence-electron chi connectivity index (χ2n) is 9.46. The van der Waals surface area contributed by atoms with Crippen molar-refractivity contribution in [3.63, 3.8) is 0 Å². The van der Waals surface area contributed by atoms with Gasteiger partial charge in [0.05, 0.1) is 17.4 Å². The largest absolute Gasteiger partial charge is 0.353 e. The van der Waals surface area contributed by atoms with Gasteiger partial charge in [-0.2, -0.15) is 0 Å². The molecule has 0 radical (unpaired) electrons. The number of fused-ring (bicyclic) bond motifs is 3. The third kappa shape index (κ3) is 4.12. The van der Waals surface area contributed by atoms with Crippen molar-refractivity contribution in [2.24, 2.45) is 0 Å². The first-order chi connectivity index (χ1) is 17.6. The first-order valence-corrected chi connectivity index (χ1v) is 12.2. The molecular weight excluding hydrogens is 453 g/mol. The summed E-state index contributed by atoms with van der Waals surface area (Å²) in [6, 6.07) is 16.4. The van der Waals surface area contributed by atoms with Gasteiger partial charge in [0.2, 0.25) is 0 Å². The van der Waals surface area contributed by atoms with Crippen molar-refractivity contribution in [1.29, 1.82) is 0 Å². The van der Waals surface area contributed by atoms with Gasteiger partial charge in [-0.05, 0) is 81.0 Å². The van der Waals surface area contributed by atoms with Gasteiger partial charge in [0.25, 0.3) is 5.91 Å². The standard InChI is InChI=1S/C29H26FN5O/c1-35-13-10-21(11-14-35)33-29(36)19-6-4-18(5-7-19)27-23(30)8-9-24-28(27)22-15-25(32-17-26(22)34-24)20-3-2-12-31-16-20/h2-9,12,15-17,21,34H,10-11,13-14H2,1H3,(H,33,36). The smallest absolute Gasteiger partial charge is 0.251 e.